The van der Waals surface area contributed by atoms with Crippen molar-refractivity contribution >= 4 is 9.84 Å². The van der Waals surface area contributed by atoms with Gasteiger partial charge in [-0.05, 0) is 61.4 Å². The Labute approximate surface area is 145 Å². The van der Waals surface area contributed by atoms with Gasteiger partial charge in [0.2, 0.25) is 0 Å². The van der Waals surface area contributed by atoms with Crippen LogP contribution >= 0.6 is 0 Å². The van der Waals surface area contributed by atoms with Gasteiger partial charge in [-0.2, -0.15) is 0 Å². The maximum Gasteiger partial charge on any atom is 0.175 e. The molecule has 1 fully saturated rings. The van der Waals surface area contributed by atoms with Crippen LogP contribution in [0.4, 0.5) is 0 Å². The largest absolute Gasteiger partial charge is 0.303 e. The maximum absolute atomic E-state index is 11.6. The molecule has 0 saturated heterocycles. The van der Waals surface area contributed by atoms with E-state index in [1.54, 1.807) is 12.1 Å². The first kappa shape index (κ1) is 17.2. The molecule has 3 rings (SSSR count). The molecule has 24 heavy (non-hydrogen) atoms. The highest BCUT2D eigenvalue weighted by atomic mass is 32.2. The second kappa shape index (κ2) is 6.69. The van der Waals surface area contributed by atoms with E-state index < -0.39 is 9.84 Å². The Morgan fingerprint density at radius 2 is 1.67 bits per heavy atom. The number of benzene rings is 2. The van der Waals surface area contributed by atoms with Crippen molar-refractivity contribution in [3.63, 3.8) is 0 Å². The van der Waals surface area contributed by atoms with Crippen molar-refractivity contribution in [1.29, 1.82) is 0 Å². The number of rotatable bonds is 6. The molecule has 1 aliphatic carbocycles. The average molecular weight is 343 g/mol. The van der Waals surface area contributed by atoms with E-state index in [2.05, 4.69) is 43.4 Å². The summed E-state index contributed by atoms with van der Waals surface area (Å²) in [6.45, 7) is 4.31. The Morgan fingerprint density at radius 3 is 2.21 bits per heavy atom. The number of nitrogens with one attached hydrogen (secondary N) is 1. The lowest BCUT2D eigenvalue weighted by Crippen LogP contribution is -2.26. The van der Waals surface area contributed by atoms with Crippen LogP contribution in [0.25, 0.3) is 0 Å². The summed E-state index contributed by atoms with van der Waals surface area (Å²) >= 11 is 0. The van der Waals surface area contributed by atoms with E-state index >= 15 is 0 Å². The zero-order chi connectivity index (χ0) is 17.3. The van der Waals surface area contributed by atoms with Crippen LogP contribution in [0.1, 0.15) is 48.5 Å². The Kier molecular flexibility index (Phi) is 4.79. The lowest BCUT2D eigenvalue weighted by Gasteiger charge is -2.25. The van der Waals surface area contributed by atoms with Crippen molar-refractivity contribution < 1.29 is 8.42 Å². The van der Waals surface area contributed by atoms with Crippen LogP contribution in [0.3, 0.4) is 0 Å². The van der Waals surface area contributed by atoms with Gasteiger partial charge in [-0.15, -0.1) is 0 Å². The standard InChI is InChI=1S/C20H25NO2S/c1-14-6-4-5-7-19(14)20(17-8-9-17)21-15(2)16-10-12-18(13-11-16)24(3,22)23/h4-7,10-13,15,17,20-21H,8-9H2,1-3H3/t15-,20+/m1/s1. The van der Waals surface area contributed by atoms with Gasteiger partial charge in [0.15, 0.2) is 9.84 Å². The zero-order valence-electron chi connectivity index (χ0n) is 14.5. The van der Waals surface area contributed by atoms with E-state index in [-0.39, 0.29) is 6.04 Å². The van der Waals surface area contributed by atoms with Crippen molar-refractivity contribution in [2.75, 3.05) is 6.26 Å². The topological polar surface area (TPSA) is 46.2 Å². The fourth-order valence-corrected chi connectivity index (χ4v) is 3.84. The van der Waals surface area contributed by atoms with Gasteiger partial charge in [-0.3, -0.25) is 0 Å². The smallest absolute Gasteiger partial charge is 0.175 e. The molecule has 0 bridgehead atoms. The predicted molar refractivity (Wildman–Crippen MR) is 97.7 cm³/mol. The summed E-state index contributed by atoms with van der Waals surface area (Å²) in [4.78, 5) is 0.371. The summed E-state index contributed by atoms with van der Waals surface area (Å²) in [5.41, 5.74) is 3.81. The molecule has 0 spiro atoms. The maximum atomic E-state index is 11.6. The van der Waals surface area contributed by atoms with Gasteiger partial charge < -0.3 is 5.32 Å². The SMILES string of the molecule is Cc1ccccc1[C@@H](N[C@H](C)c1ccc(S(C)(=O)=O)cc1)C1CC1. The average Bonchev–Trinajstić information content (AvgIpc) is 3.37. The Morgan fingerprint density at radius 1 is 1.04 bits per heavy atom. The third-order valence-corrected chi connectivity index (χ3v) is 5.98. The summed E-state index contributed by atoms with van der Waals surface area (Å²) in [5, 5.41) is 3.76. The fourth-order valence-electron chi connectivity index (χ4n) is 3.21. The summed E-state index contributed by atoms with van der Waals surface area (Å²) in [7, 11) is -3.14. The van der Waals surface area contributed by atoms with Crippen LogP contribution in [-0.2, 0) is 9.84 Å². The molecule has 4 heteroatoms. The first-order valence-corrected chi connectivity index (χ1v) is 10.4. The molecule has 2 aromatic carbocycles. The highest BCUT2D eigenvalue weighted by Crippen LogP contribution is 2.43. The molecule has 0 radical (unpaired) electrons. The predicted octanol–water partition coefficient (Wildman–Crippen LogP) is 4.20. The Balaban J connectivity index is 1.79. The van der Waals surface area contributed by atoms with E-state index in [9.17, 15) is 8.42 Å². The lowest BCUT2D eigenvalue weighted by atomic mass is 9.96. The van der Waals surface area contributed by atoms with E-state index in [1.165, 1.54) is 30.2 Å². The van der Waals surface area contributed by atoms with Crippen LogP contribution in [0.2, 0.25) is 0 Å². The summed E-state index contributed by atoms with van der Waals surface area (Å²) in [6, 6.07) is 16.3. The van der Waals surface area contributed by atoms with E-state index in [0.717, 1.165) is 5.56 Å². The molecule has 0 amide bonds. The fraction of sp³-hybridized carbons (Fsp3) is 0.400. The second-order valence-corrected chi connectivity index (χ2v) is 8.92. The Hall–Kier alpha value is -1.65. The first-order valence-electron chi connectivity index (χ1n) is 8.48. The number of hydrogen-bond acceptors (Lipinski definition) is 3. The number of aryl methyl sites for hydroxylation is 1. The van der Waals surface area contributed by atoms with Crippen molar-refractivity contribution in [2.24, 2.45) is 5.92 Å². The molecule has 1 aliphatic rings. The van der Waals surface area contributed by atoms with Crippen LogP contribution in [0.5, 0.6) is 0 Å². The minimum absolute atomic E-state index is 0.170. The van der Waals surface area contributed by atoms with Crippen LogP contribution in [0.15, 0.2) is 53.4 Å². The molecular formula is C20H25NO2S. The molecule has 0 unspecified atom stereocenters. The molecule has 2 aromatic rings. The molecule has 1 N–H and O–H groups in total. The second-order valence-electron chi connectivity index (χ2n) is 6.90. The number of hydrogen-bond donors (Lipinski definition) is 1. The molecule has 2 atom stereocenters. The minimum Gasteiger partial charge on any atom is -0.303 e. The molecule has 3 nitrogen and oxygen atoms in total. The van der Waals surface area contributed by atoms with Crippen molar-refractivity contribution in [1.82, 2.24) is 5.32 Å². The third-order valence-electron chi connectivity index (χ3n) is 4.85. The van der Waals surface area contributed by atoms with Gasteiger partial charge in [0.05, 0.1) is 4.90 Å². The number of sulfone groups is 1. The van der Waals surface area contributed by atoms with Crippen molar-refractivity contribution in [2.45, 2.75) is 43.7 Å². The molecule has 0 aromatic heterocycles. The van der Waals surface area contributed by atoms with Gasteiger partial charge in [-0.1, -0.05) is 36.4 Å². The normalized spacial score (nSPS) is 17.5. The highest BCUT2D eigenvalue weighted by molar-refractivity contribution is 7.90. The molecular weight excluding hydrogens is 318 g/mol. The van der Waals surface area contributed by atoms with Crippen molar-refractivity contribution in [3.8, 4) is 0 Å². The summed E-state index contributed by atoms with van der Waals surface area (Å²) in [6.07, 6.45) is 3.78. The molecule has 128 valence electrons. The quantitative estimate of drug-likeness (QED) is 0.855. The highest BCUT2D eigenvalue weighted by Gasteiger charge is 2.33. The summed E-state index contributed by atoms with van der Waals surface area (Å²) in [5.74, 6) is 0.698. The molecule has 0 heterocycles. The first-order chi connectivity index (χ1) is 11.4. The van der Waals surface area contributed by atoms with Crippen molar-refractivity contribution in [3.05, 3.63) is 65.2 Å². The van der Waals surface area contributed by atoms with Crippen LogP contribution < -0.4 is 5.32 Å². The molecule has 0 aliphatic heterocycles. The monoisotopic (exact) mass is 343 g/mol. The van der Waals surface area contributed by atoms with Gasteiger partial charge in [0.1, 0.15) is 0 Å². The minimum atomic E-state index is -3.14. The Bertz CT molecular complexity index is 808. The van der Waals surface area contributed by atoms with Gasteiger partial charge >= 0.3 is 0 Å². The zero-order valence-corrected chi connectivity index (χ0v) is 15.3. The van der Waals surface area contributed by atoms with E-state index in [4.69, 9.17) is 0 Å². The van der Waals surface area contributed by atoms with Gasteiger partial charge in [-0.25, -0.2) is 8.42 Å². The van der Waals surface area contributed by atoms with Gasteiger partial charge in [0.25, 0.3) is 0 Å². The van der Waals surface area contributed by atoms with Crippen LogP contribution in [-0.4, -0.2) is 14.7 Å². The van der Waals surface area contributed by atoms with E-state index in [1.807, 2.05) is 12.1 Å². The van der Waals surface area contributed by atoms with Gasteiger partial charge in [0, 0.05) is 18.3 Å². The van der Waals surface area contributed by atoms with E-state index in [0.29, 0.717) is 16.9 Å². The van der Waals surface area contributed by atoms with Crippen LogP contribution in [0, 0.1) is 12.8 Å². The lowest BCUT2D eigenvalue weighted by molar-refractivity contribution is 0.426. The third kappa shape index (κ3) is 3.87. The summed E-state index contributed by atoms with van der Waals surface area (Å²) < 4.78 is 23.2. The molecule has 1 saturated carbocycles.